The highest BCUT2D eigenvalue weighted by molar-refractivity contribution is 7.85. The molecule has 160 valence electrons. The quantitative estimate of drug-likeness (QED) is 0.526. The van der Waals surface area contributed by atoms with Crippen molar-refractivity contribution in [1.82, 2.24) is 10.6 Å². The molecular weight excluding hydrogens is 411 g/mol. The first kappa shape index (κ1) is 23.2. The third kappa shape index (κ3) is 7.40. The van der Waals surface area contributed by atoms with Crippen LogP contribution in [0.25, 0.3) is 0 Å². The van der Waals surface area contributed by atoms with Crippen LogP contribution in [0.15, 0.2) is 59.5 Å². The maximum absolute atomic E-state index is 13.1. The van der Waals surface area contributed by atoms with E-state index in [-0.39, 0.29) is 18.6 Å². The van der Waals surface area contributed by atoms with Crippen molar-refractivity contribution in [1.29, 1.82) is 0 Å². The summed E-state index contributed by atoms with van der Waals surface area (Å²) in [5.41, 5.74) is 0.599. The number of carbonyl (C=O) groups excluding carboxylic acids is 2. The predicted molar refractivity (Wildman–Crippen MR) is 110 cm³/mol. The summed E-state index contributed by atoms with van der Waals surface area (Å²) in [7, 11) is -1.41. The third-order valence-electron chi connectivity index (χ3n) is 4.26. The molecule has 2 rings (SSSR count). The topological polar surface area (TPSA) is 113 Å². The Balaban J connectivity index is 2.03. The van der Waals surface area contributed by atoms with Crippen molar-refractivity contribution in [3.05, 3.63) is 66.0 Å². The van der Waals surface area contributed by atoms with Gasteiger partial charge in [0.15, 0.2) is 0 Å². The summed E-state index contributed by atoms with van der Waals surface area (Å²) >= 11 is 0. The predicted octanol–water partition coefficient (Wildman–Crippen LogP) is 1.64. The summed E-state index contributed by atoms with van der Waals surface area (Å²) in [4.78, 5) is 36.3. The number of nitrogens with one attached hydrogen (secondary N) is 2. The van der Waals surface area contributed by atoms with Crippen LogP contribution in [-0.2, 0) is 31.6 Å². The first-order valence-corrected chi connectivity index (χ1v) is 10.6. The number of carbonyl (C=O) groups is 3. The number of aliphatic carboxylic acids is 1. The fourth-order valence-electron chi connectivity index (χ4n) is 2.76. The van der Waals surface area contributed by atoms with E-state index in [1.54, 1.807) is 30.3 Å². The molecule has 3 atom stereocenters. The van der Waals surface area contributed by atoms with Crippen molar-refractivity contribution in [3.63, 3.8) is 0 Å². The molecule has 0 aliphatic rings. The van der Waals surface area contributed by atoms with Gasteiger partial charge in [-0.3, -0.25) is 13.8 Å². The number of hydrogen-bond acceptors (Lipinski definition) is 4. The fourth-order valence-corrected chi connectivity index (χ4v) is 3.90. The van der Waals surface area contributed by atoms with Crippen LogP contribution in [-0.4, -0.2) is 44.9 Å². The first-order valence-electron chi connectivity index (χ1n) is 9.24. The summed E-state index contributed by atoms with van der Waals surface area (Å²) < 4.78 is 25.4. The van der Waals surface area contributed by atoms with Crippen LogP contribution < -0.4 is 10.6 Å². The highest BCUT2D eigenvalue weighted by atomic mass is 32.2. The monoisotopic (exact) mass is 434 g/mol. The van der Waals surface area contributed by atoms with Gasteiger partial charge >= 0.3 is 5.97 Å². The second-order valence-electron chi connectivity index (χ2n) is 6.63. The van der Waals surface area contributed by atoms with Crippen molar-refractivity contribution < 1.29 is 28.1 Å². The highest BCUT2D eigenvalue weighted by Gasteiger charge is 2.26. The standard InChI is InChI=1S/C21H23FN2O5S/c1-14(25)23-19(13-15-7-9-16(22)10-8-15)20(26)24-18(21(27)28)11-12-30(29)17-5-3-2-4-6-17/h2-10,18-19H,11-13H2,1H3,(H,23,25)(H,24,26)(H,27,28)/t18-,19+,30+/m0/s1. The Bertz CT molecular complexity index is 905. The van der Waals surface area contributed by atoms with Gasteiger partial charge in [-0.1, -0.05) is 30.3 Å². The van der Waals surface area contributed by atoms with Gasteiger partial charge in [-0.2, -0.15) is 0 Å². The highest BCUT2D eigenvalue weighted by Crippen LogP contribution is 2.10. The smallest absolute Gasteiger partial charge is 0.326 e. The molecule has 0 fully saturated rings. The molecule has 3 N–H and O–H groups in total. The summed E-state index contributed by atoms with van der Waals surface area (Å²) in [6.07, 6.45) is 0.0138. The SMILES string of the molecule is CC(=O)N[C@H](Cc1ccc(F)cc1)C(=O)N[C@@H](CC[S@@](=O)c1ccccc1)C(=O)O. The van der Waals surface area contributed by atoms with Crippen LogP contribution in [0.4, 0.5) is 4.39 Å². The summed E-state index contributed by atoms with van der Waals surface area (Å²) in [5.74, 6) is -2.81. The Hall–Kier alpha value is -3.07. The molecule has 7 nitrogen and oxygen atoms in total. The largest absolute Gasteiger partial charge is 0.480 e. The zero-order chi connectivity index (χ0) is 22.1. The molecule has 2 aromatic rings. The van der Waals surface area contributed by atoms with E-state index in [2.05, 4.69) is 10.6 Å². The van der Waals surface area contributed by atoms with Crippen LogP contribution in [0.2, 0.25) is 0 Å². The maximum Gasteiger partial charge on any atom is 0.326 e. The summed E-state index contributed by atoms with van der Waals surface area (Å²) in [6.45, 7) is 1.24. The zero-order valence-corrected chi connectivity index (χ0v) is 17.2. The molecule has 0 heterocycles. The normalized spacial score (nSPS) is 13.7. The lowest BCUT2D eigenvalue weighted by molar-refractivity contribution is -0.142. The van der Waals surface area contributed by atoms with Crippen LogP contribution >= 0.6 is 0 Å². The molecule has 0 spiro atoms. The Morgan fingerprint density at radius 3 is 2.20 bits per heavy atom. The van der Waals surface area contributed by atoms with E-state index >= 15 is 0 Å². The minimum absolute atomic E-state index is 0.0457. The fraction of sp³-hybridized carbons (Fsp3) is 0.286. The molecule has 0 radical (unpaired) electrons. The van der Waals surface area contributed by atoms with E-state index in [4.69, 9.17) is 0 Å². The molecule has 0 aromatic heterocycles. The van der Waals surface area contributed by atoms with Crippen LogP contribution in [0, 0.1) is 5.82 Å². The number of amides is 2. The molecule has 0 bridgehead atoms. The number of rotatable bonds is 10. The van der Waals surface area contributed by atoms with Crippen LogP contribution in [0.1, 0.15) is 18.9 Å². The summed E-state index contributed by atoms with van der Waals surface area (Å²) in [6, 6.07) is 11.7. The van der Waals surface area contributed by atoms with Crippen LogP contribution in [0.3, 0.4) is 0 Å². The van der Waals surface area contributed by atoms with Crippen LogP contribution in [0.5, 0.6) is 0 Å². The van der Waals surface area contributed by atoms with Gasteiger partial charge in [0.25, 0.3) is 0 Å². The number of hydrogen-bond donors (Lipinski definition) is 3. The minimum Gasteiger partial charge on any atom is -0.480 e. The van der Waals surface area contributed by atoms with Gasteiger partial charge in [0, 0.05) is 24.0 Å². The average molecular weight is 434 g/mol. The molecule has 2 amide bonds. The zero-order valence-electron chi connectivity index (χ0n) is 16.3. The second-order valence-corrected chi connectivity index (χ2v) is 8.21. The Kier molecular flexibility index (Phi) is 8.67. The molecule has 0 aliphatic heterocycles. The van der Waals surface area contributed by atoms with Gasteiger partial charge in [0.2, 0.25) is 11.8 Å². The van der Waals surface area contributed by atoms with E-state index in [1.807, 2.05) is 0 Å². The molecule has 0 saturated heterocycles. The Morgan fingerprint density at radius 1 is 1.00 bits per heavy atom. The van der Waals surface area contributed by atoms with Crippen molar-refractivity contribution in [3.8, 4) is 0 Å². The number of carboxylic acid groups (broad SMARTS) is 1. The van der Waals surface area contributed by atoms with E-state index in [9.17, 15) is 28.1 Å². The molecule has 0 unspecified atom stereocenters. The van der Waals surface area contributed by atoms with Gasteiger partial charge in [-0.05, 0) is 36.2 Å². The van der Waals surface area contributed by atoms with Crippen molar-refractivity contribution >= 4 is 28.6 Å². The maximum atomic E-state index is 13.1. The van der Waals surface area contributed by atoms with E-state index in [1.165, 1.54) is 31.2 Å². The molecule has 30 heavy (non-hydrogen) atoms. The van der Waals surface area contributed by atoms with E-state index < -0.39 is 46.5 Å². The average Bonchev–Trinajstić information content (AvgIpc) is 2.71. The Morgan fingerprint density at radius 2 is 1.63 bits per heavy atom. The Labute approximate surface area is 176 Å². The molecular formula is C21H23FN2O5S. The number of carboxylic acids is 1. The lowest BCUT2D eigenvalue weighted by Crippen LogP contribution is -2.52. The van der Waals surface area contributed by atoms with Gasteiger partial charge in [0.1, 0.15) is 17.9 Å². The molecule has 0 aliphatic carbocycles. The van der Waals surface area contributed by atoms with E-state index in [0.717, 1.165) is 0 Å². The molecule has 0 saturated carbocycles. The molecule has 2 aromatic carbocycles. The lowest BCUT2D eigenvalue weighted by Gasteiger charge is -2.21. The molecule has 9 heteroatoms. The van der Waals surface area contributed by atoms with Crippen molar-refractivity contribution in [2.75, 3.05) is 5.75 Å². The number of benzene rings is 2. The summed E-state index contributed by atoms with van der Waals surface area (Å²) in [5, 5.41) is 14.3. The van der Waals surface area contributed by atoms with Gasteiger partial charge in [-0.25, -0.2) is 9.18 Å². The van der Waals surface area contributed by atoms with Gasteiger partial charge in [-0.15, -0.1) is 0 Å². The first-order chi connectivity index (χ1) is 14.3. The third-order valence-corrected chi connectivity index (χ3v) is 5.66. The number of halogens is 1. The van der Waals surface area contributed by atoms with E-state index in [0.29, 0.717) is 10.5 Å². The second kappa shape index (κ2) is 11.2. The van der Waals surface area contributed by atoms with Gasteiger partial charge in [0.05, 0.1) is 10.8 Å². The van der Waals surface area contributed by atoms with Crippen molar-refractivity contribution in [2.24, 2.45) is 0 Å². The lowest BCUT2D eigenvalue weighted by atomic mass is 10.0. The van der Waals surface area contributed by atoms with Gasteiger partial charge < -0.3 is 15.7 Å². The van der Waals surface area contributed by atoms with Crippen molar-refractivity contribution in [2.45, 2.75) is 36.7 Å². The minimum atomic E-state index is -1.41.